The van der Waals surface area contributed by atoms with Gasteiger partial charge in [0.2, 0.25) is 0 Å². The van der Waals surface area contributed by atoms with Crippen LogP contribution in [-0.4, -0.2) is 8.07 Å². The zero-order chi connectivity index (χ0) is 43.2. The Morgan fingerprint density at radius 1 is 0.308 bits per heavy atom. The monoisotopic (exact) mass is 845 g/mol. The van der Waals surface area contributed by atoms with Crippen LogP contribution in [0.1, 0.15) is 0 Å². The first-order valence-corrected chi connectivity index (χ1v) is 24.3. The Morgan fingerprint density at radius 3 is 1.57 bits per heavy atom. The molecule has 1 heterocycles. The minimum Gasteiger partial charge on any atom is -0.455 e. The van der Waals surface area contributed by atoms with Crippen LogP contribution in [0.5, 0.6) is 0 Å². The average molecular weight is 846 g/mol. The summed E-state index contributed by atoms with van der Waals surface area (Å²) in [5.74, 6) is 0. The van der Waals surface area contributed by atoms with Crippen LogP contribution in [0.2, 0.25) is 0 Å². The van der Waals surface area contributed by atoms with Gasteiger partial charge in [0.15, 0.2) is 8.07 Å². The summed E-state index contributed by atoms with van der Waals surface area (Å²) in [6.07, 6.45) is 0. The van der Waals surface area contributed by atoms with Gasteiger partial charge in [-0.3, -0.25) is 0 Å². The van der Waals surface area contributed by atoms with Gasteiger partial charge in [0, 0.05) is 32.9 Å². The molecular formula is C62H43NOSi. The Morgan fingerprint density at radius 2 is 0.862 bits per heavy atom. The summed E-state index contributed by atoms with van der Waals surface area (Å²) >= 11 is 0. The Labute approximate surface area is 379 Å². The van der Waals surface area contributed by atoms with E-state index in [-0.39, 0.29) is 0 Å². The van der Waals surface area contributed by atoms with Crippen LogP contribution in [-0.2, 0) is 0 Å². The summed E-state index contributed by atoms with van der Waals surface area (Å²) in [4.78, 5) is 2.44. The Bertz CT molecular complexity index is 3540. The lowest BCUT2D eigenvalue weighted by atomic mass is 9.95. The number of benzene rings is 11. The fourth-order valence-electron chi connectivity index (χ4n) is 10.2. The van der Waals surface area contributed by atoms with Gasteiger partial charge >= 0.3 is 0 Å². The molecule has 0 saturated heterocycles. The van der Waals surface area contributed by atoms with Crippen molar-refractivity contribution in [2.75, 3.05) is 4.90 Å². The highest BCUT2D eigenvalue weighted by Crippen LogP contribution is 2.43. The van der Waals surface area contributed by atoms with Gasteiger partial charge in [-0.25, -0.2) is 0 Å². The standard InChI is InChI=1S/C62H43NOSi/c1-5-18-45(19-6-1)54-30-15-20-46-34-35-47(42-59(46)54)44-36-38-48(39-37-44)63(60-32-17-31-57-55(60)40-41-58-56-29-13-14-33-61(56)64-62(57)58)49-21-16-28-53(43-49)65(50-22-7-2-8-23-50,51-24-9-3-10-25-51)52-26-11-4-12-27-52/h1-43H. The van der Waals surface area contributed by atoms with E-state index in [0.717, 1.165) is 55.3 Å². The van der Waals surface area contributed by atoms with E-state index in [1.54, 1.807) is 0 Å². The quantitative estimate of drug-likeness (QED) is 0.106. The molecule has 0 spiro atoms. The van der Waals surface area contributed by atoms with Crippen molar-refractivity contribution in [2.24, 2.45) is 0 Å². The van der Waals surface area contributed by atoms with Crippen LogP contribution in [0.4, 0.5) is 17.1 Å². The fraction of sp³-hybridized carbons (Fsp3) is 0. The third-order valence-corrected chi connectivity index (χ3v) is 18.0. The molecule has 3 heteroatoms. The second-order valence-corrected chi connectivity index (χ2v) is 20.6. The van der Waals surface area contributed by atoms with Crippen molar-refractivity contribution in [3.05, 3.63) is 261 Å². The van der Waals surface area contributed by atoms with Crippen molar-refractivity contribution in [3.63, 3.8) is 0 Å². The maximum atomic E-state index is 6.64. The fourth-order valence-corrected chi connectivity index (χ4v) is 15.0. The zero-order valence-electron chi connectivity index (χ0n) is 35.7. The molecule has 0 saturated carbocycles. The molecule has 0 bridgehead atoms. The summed E-state index contributed by atoms with van der Waals surface area (Å²) in [7, 11) is -2.83. The number of anilines is 3. The van der Waals surface area contributed by atoms with Crippen LogP contribution in [0, 0.1) is 0 Å². The molecule has 0 aliphatic heterocycles. The van der Waals surface area contributed by atoms with Crippen LogP contribution >= 0.6 is 0 Å². The molecule has 0 N–H and O–H groups in total. The largest absolute Gasteiger partial charge is 0.455 e. The van der Waals surface area contributed by atoms with Gasteiger partial charge in [0.05, 0.1) is 5.69 Å². The van der Waals surface area contributed by atoms with E-state index in [2.05, 4.69) is 260 Å². The van der Waals surface area contributed by atoms with Gasteiger partial charge < -0.3 is 9.32 Å². The first-order chi connectivity index (χ1) is 32.2. The van der Waals surface area contributed by atoms with Crippen molar-refractivity contribution in [2.45, 2.75) is 0 Å². The molecule has 0 aliphatic rings. The molecule has 0 unspecified atom stereocenters. The van der Waals surface area contributed by atoms with Gasteiger partial charge in [-0.1, -0.05) is 212 Å². The topological polar surface area (TPSA) is 16.4 Å². The van der Waals surface area contributed by atoms with E-state index in [1.807, 2.05) is 6.07 Å². The Balaban J connectivity index is 1.07. The highest BCUT2D eigenvalue weighted by molar-refractivity contribution is 7.19. The molecule has 11 aromatic carbocycles. The van der Waals surface area contributed by atoms with Gasteiger partial charge in [0.1, 0.15) is 11.2 Å². The van der Waals surface area contributed by atoms with E-state index >= 15 is 0 Å². The highest BCUT2D eigenvalue weighted by atomic mass is 28.3. The van der Waals surface area contributed by atoms with Crippen molar-refractivity contribution >= 4 is 89.4 Å². The maximum absolute atomic E-state index is 6.64. The number of furan rings is 1. The van der Waals surface area contributed by atoms with Crippen molar-refractivity contribution < 1.29 is 4.42 Å². The number of hydrogen-bond donors (Lipinski definition) is 0. The van der Waals surface area contributed by atoms with Gasteiger partial charge in [0.25, 0.3) is 0 Å². The van der Waals surface area contributed by atoms with Crippen molar-refractivity contribution in [3.8, 4) is 22.3 Å². The van der Waals surface area contributed by atoms with Crippen molar-refractivity contribution in [1.29, 1.82) is 0 Å². The molecule has 12 rings (SSSR count). The van der Waals surface area contributed by atoms with Crippen LogP contribution in [0.3, 0.4) is 0 Å². The molecule has 0 radical (unpaired) electrons. The predicted molar refractivity (Wildman–Crippen MR) is 278 cm³/mol. The lowest BCUT2D eigenvalue weighted by molar-refractivity contribution is 0.672. The average Bonchev–Trinajstić information content (AvgIpc) is 3.78. The summed E-state index contributed by atoms with van der Waals surface area (Å²) in [5, 5.41) is 12.3. The molecule has 0 aliphatic carbocycles. The Kier molecular flexibility index (Phi) is 9.55. The molecule has 306 valence electrons. The molecule has 0 amide bonds. The maximum Gasteiger partial charge on any atom is 0.179 e. The molecule has 65 heavy (non-hydrogen) atoms. The van der Waals surface area contributed by atoms with E-state index in [9.17, 15) is 0 Å². The van der Waals surface area contributed by atoms with E-state index in [0.29, 0.717) is 0 Å². The second kappa shape index (κ2) is 16.1. The molecule has 0 fully saturated rings. The first-order valence-electron chi connectivity index (χ1n) is 22.3. The van der Waals surface area contributed by atoms with Crippen LogP contribution < -0.4 is 25.6 Å². The summed E-state index contributed by atoms with van der Waals surface area (Å²) in [6.45, 7) is 0. The summed E-state index contributed by atoms with van der Waals surface area (Å²) in [5.41, 5.74) is 9.85. The number of nitrogens with zero attached hydrogens (tertiary/aromatic N) is 1. The van der Waals surface area contributed by atoms with Crippen LogP contribution in [0.15, 0.2) is 265 Å². The molecule has 1 aromatic heterocycles. The first kappa shape index (κ1) is 38.4. The molecule has 0 atom stereocenters. The van der Waals surface area contributed by atoms with Gasteiger partial charge in [-0.15, -0.1) is 0 Å². The lowest BCUT2D eigenvalue weighted by Gasteiger charge is -2.35. The predicted octanol–water partition coefficient (Wildman–Crippen LogP) is 14.1. The molecule has 2 nitrogen and oxygen atoms in total. The normalized spacial score (nSPS) is 11.7. The van der Waals surface area contributed by atoms with Gasteiger partial charge in [-0.2, -0.15) is 0 Å². The third kappa shape index (κ3) is 6.56. The van der Waals surface area contributed by atoms with E-state index in [4.69, 9.17) is 4.42 Å². The van der Waals surface area contributed by atoms with E-state index in [1.165, 1.54) is 48.2 Å². The molecular weight excluding hydrogens is 803 g/mol. The minimum absolute atomic E-state index is 0.897. The number of para-hydroxylation sites is 1. The third-order valence-electron chi connectivity index (χ3n) is 13.2. The van der Waals surface area contributed by atoms with Crippen LogP contribution in [0.25, 0.3) is 65.7 Å². The second-order valence-electron chi connectivity index (χ2n) is 16.8. The van der Waals surface area contributed by atoms with Crippen molar-refractivity contribution in [1.82, 2.24) is 0 Å². The zero-order valence-corrected chi connectivity index (χ0v) is 36.7. The minimum atomic E-state index is -2.83. The summed E-state index contributed by atoms with van der Waals surface area (Å²) < 4.78 is 6.64. The number of fused-ring (bicyclic) bond motifs is 6. The Hall–Kier alpha value is -8.24. The number of hydrogen-bond acceptors (Lipinski definition) is 2. The van der Waals surface area contributed by atoms with Gasteiger partial charge in [-0.05, 0) is 102 Å². The lowest BCUT2D eigenvalue weighted by Crippen LogP contribution is -2.74. The molecule has 12 aromatic rings. The smallest absolute Gasteiger partial charge is 0.179 e. The number of rotatable bonds is 9. The van der Waals surface area contributed by atoms with E-state index < -0.39 is 8.07 Å². The highest BCUT2D eigenvalue weighted by Gasteiger charge is 2.41. The SMILES string of the molecule is c1ccc(-c2cccc3ccc(-c4ccc(N(c5cccc([Si](c6ccccc6)(c6ccccc6)c6ccccc6)c5)c5cccc6c5ccc5c7ccccc7oc65)cc4)cc23)cc1. The summed E-state index contributed by atoms with van der Waals surface area (Å²) in [6, 6.07) is 95.5.